The highest BCUT2D eigenvalue weighted by molar-refractivity contribution is 14.1. The van der Waals surface area contributed by atoms with Crippen LogP contribution in [0.25, 0.3) is 6.08 Å². The highest BCUT2D eigenvalue weighted by Crippen LogP contribution is 2.23. The van der Waals surface area contributed by atoms with Crippen molar-refractivity contribution < 1.29 is 23.9 Å². The molecule has 1 aliphatic rings. The van der Waals surface area contributed by atoms with E-state index >= 15 is 0 Å². The first kappa shape index (κ1) is 24.3. The fourth-order valence-electron chi connectivity index (χ4n) is 3.37. The van der Waals surface area contributed by atoms with Crippen molar-refractivity contribution in [2.45, 2.75) is 6.61 Å². The number of methoxy groups -OCH3 is 1. The maximum Gasteiger partial charge on any atom is 0.329 e. The lowest BCUT2D eigenvalue weighted by molar-refractivity contribution is -0.127. The van der Waals surface area contributed by atoms with E-state index in [-0.39, 0.29) is 5.70 Å². The Bertz CT molecular complexity index is 1270. The minimum Gasteiger partial charge on any atom is -0.495 e. The molecule has 0 atom stereocenters. The summed E-state index contributed by atoms with van der Waals surface area (Å²) in [6.45, 7) is 0.0170. The van der Waals surface area contributed by atoms with Crippen LogP contribution in [-0.4, -0.2) is 36.4 Å². The van der Waals surface area contributed by atoms with Gasteiger partial charge in [-0.3, -0.25) is 9.59 Å². The van der Waals surface area contributed by atoms with Gasteiger partial charge in [-0.1, -0.05) is 36.4 Å². The molecule has 3 aromatic rings. The van der Waals surface area contributed by atoms with Crippen molar-refractivity contribution in [1.82, 2.24) is 10.2 Å². The number of halogens is 1. The third-order valence-electron chi connectivity index (χ3n) is 5.15. The summed E-state index contributed by atoms with van der Waals surface area (Å²) in [5.41, 5.74) is 2.31. The smallest absolute Gasteiger partial charge is 0.329 e. The van der Waals surface area contributed by atoms with E-state index in [1.165, 1.54) is 7.11 Å². The third-order valence-corrected chi connectivity index (χ3v) is 5.87. The molecule has 4 rings (SSSR count). The van der Waals surface area contributed by atoms with E-state index in [4.69, 9.17) is 9.47 Å². The van der Waals surface area contributed by atoms with Crippen molar-refractivity contribution in [3.05, 3.63) is 93.2 Å². The normalized spacial score (nSPS) is 14.1. The number of nitrogens with zero attached hydrogens (tertiary/aromatic N) is 1. The maximum atomic E-state index is 12.7. The molecule has 0 radical (unpaired) electrons. The molecule has 1 aliphatic heterocycles. The summed E-state index contributed by atoms with van der Waals surface area (Å²) >= 11 is 2.25. The fraction of sp³-hybridized carbons (Fsp3) is 0.115. The van der Waals surface area contributed by atoms with Crippen LogP contribution in [0.2, 0.25) is 0 Å². The summed E-state index contributed by atoms with van der Waals surface area (Å²) in [6.07, 6.45) is 1.56. The zero-order valence-corrected chi connectivity index (χ0v) is 20.9. The Kier molecular flexibility index (Phi) is 7.66. The highest BCUT2D eigenvalue weighted by atomic mass is 127. The topological polar surface area (TPSA) is 97.0 Å². The number of imide groups is 1. The van der Waals surface area contributed by atoms with Gasteiger partial charge in [-0.15, -0.1) is 0 Å². The number of amides is 4. The van der Waals surface area contributed by atoms with Gasteiger partial charge in [0.2, 0.25) is 5.91 Å². The second-order valence-electron chi connectivity index (χ2n) is 7.61. The Labute approximate surface area is 216 Å². The number of carbonyl (C=O) groups excluding carboxylic acids is 3. The summed E-state index contributed by atoms with van der Waals surface area (Å²) in [5, 5.41) is 5.18. The van der Waals surface area contributed by atoms with E-state index in [2.05, 4.69) is 33.2 Å². The summed E-state index contributed by atoms with van der Waals surface area (Å²) in [4.78, 5) is 38.3. The van der Waals surface area contributed by atoms with E-state index < -0.39 is 24.4 Å². The lowest BCUT2D eigenvalue weighted by Gasteiger charge is -2.13. The largest absolute Gasteiger partial charge is 0.495 e. The third kappa shape index (κ3) is 6.18. The summed E-state index contributed by atoms with van der Waals surface area (Å²) < 4.78 is 12.2. The number of rotatable bonds is 8. The fourth-order valence-corrected chi connectivity index (χ4v) is 3.73. The van der Waals surface area contributed by atoms with Crippen LogP contribution in [0, 0.1) is 3.57 Å². The average Bonchev–Trinajstić information content (AvgIpc) is 3.12. The van der Waals surface area contributed by atoms with Crippen molar-refractivity contribution in [1.29, 1.82) is 0 Å². The van der Waals surface area contributed by atoms with Crippen LogP contribution in [0.5, 0.6) is 11.5 Å². The Hall–Kier alpha value is -3.86. The van der Waals surface area contributed by atoms with Crippen molar-refractivity contribution in [2.75, 3.05) is 19.0 Å². The molecular formula is C26H22IN3O5. The van der Waals surface area contributed by atoms with Crippen LogP contribution < -0.4 is 20.1 Å². The van der Waals surface area contributed by atoms with Gasteiger partial charge in [0.1, 0.15) is 30.3 Å². The second-order valence-corrected chi connectivity index (χ2v) is 8.86. The molecule has 8 nitrogen and oxygen atoms in total. The summed E-state index contributed by atoms with van der Waals surface area (Å²) in [5.74, 6) is 0.0600. The van der Waals surface area contributed by atoms with Crippen molar-refractivity contribution in [3.8, 4) is 11.5 Å². The number of para-hydroxylation sites is 2. The van der Waals surface area contributed by atoms with Gasteiger partial charge in [0.15, 0.2) is 0 Å². The quantitative estimate of drug-likeness (QED) is 0.233. The SMILES string of the molecule is COc1ccccc1NC(=O)CN1C(=O)N/C(=C/c2ccc(OCc3ccc(I)cc3)cc2)C1=O. The van der Waals surface area contributed by atoms with Gasteiger partial charge >= 0.3 is 6.03 Å². The Morgan fingerprint density at radius 1 is 1.03 bits per heavy atom. The predicted molar refractivity (Wildman–Crippen MR) is 140 cm³/mol. The molecule has 1 saturated heterocycles. The molecule has 178 valence electrons. The Morgan fingerprint density at radius 2 is 1.74 bits per heavy atom. The zero-order valence-electron chi connectivity index (χ0n) is 18.8. The first-order valence-electron chi connectivity index (χ1n) is 10.7. The number of anilines is 1. The molecule has 0 bridgehead atoms. The molecule has 0 saturated carbocycles. The highest BCUT2D eigenvalue weighted by Gasteiger charge is 2.35. The number of urea groups is 1. The minimum absolute atomic E-state index is 0.0904. The predicted octanol–water partition coefficient (Wildman–Crippen LogP) is 4.41. The first-order valence-corrected chi connectivity index (χ1v) is 11.8. The molecule has 1 heterocycles. The van der Waals surface area contributed by atoms with E-state index in [1.54, 1.807) is 54.6 Å². The average molecular weight is 583 g/mol. The van der Waals surface area contributed by atoms with Crippen LogP contribution in [0.3, 0.4) is 0 Å². The van der Waals surface area contributed by atoms with E-state index in [0.717, 1.165) is 14.0 Å². The molecule has 1 fully saturated rings. The van der Waals surface area contributed by atoms with Crippen LogP contribution in [0.4, 0.5) is 10.5 Å². The Morgan fingerprint density at radius 3 is 2.46 bits per heavy atom. The standard InChI is InChI=1S/C26H22IN3O5/c1-34-23-5-3-2-4-21(23)28-24(31)15-30-25(32)22(29-26(30)33)14-17-8-12-20(13-9-17)35-16-18-6-10-19(27)11-7-18/h2-14H,15-16H2,1H3,(H,28,31)(H,29,33)/b22-14+. The van der Waals surface area contributed by atoms with Crippen LogP contribution in [-0.2, 0) is 16.2 Å². The van der Waals surface area contributed by atoms with Crippen molar-refractivity contribution in [2.24, 2.45) is 0 Å². The molecule has 9 heteroatoms. The van der Waals surface area contributed by atoms with Gasteiger partial charge < -0.3 is 20.1 Å². The molecule has 0 spiro atoms. The Balaban J connectivity index is 1.36. The van der Waals surface area contributed by atoms with Gasteiger partial charge in [-0.25, -0.2) is 9.69 Å². The number of carbonyl (C=O) groups is 3. The van der Waals surface area contributed by atoms with Crippen molar-refractivity contribution >= 4 is 52.2 Å². The van der Waals surface area contributed by atoms with E-state index in [1.807, 2.05) is 24.3 Å². The van der Waals surface area contributed by atoms with E-state index in [9.17, 15) is 14.4 Å². The molecule has 0 aromatic heterocycles. The maximum absolute atomic E-state index is 12.7. The van der Waals surface area contributed by atoms with Crippen LogP contribution >= 0.6 is 22.6 Å². The minimum atomic E-state index is -0.658. The van der Waals surface area contributed by atoms with Gasteiger partial charge in [-0.2, -0.15) is 0 Å². The van der Waals surface area contributed by atoms with Crippen LogP contribution in [0.1, 0.15) is 11.1 Å². The molecule has 35 heavy (non-hydrogen) atoms. The number of ether oxygens (including phenoxy) is 2. The van der Waals surface area contributed by atoms with Gasteiger partial charge in [-0.05, 0) is 76.2 Å². The zero-order chi connectivity index (χ0) is 24.8. The molecular weight excluding hydrogens is 561 g/mol. The molecule has 4 amide bonds. The number of hydrogen-bond acceptors (Lipinski definition) is 5. The van der Waals surface area contributed by atoms with Gasteiger partial charge in [0.05, 0.1) is 12.8 Å². The molecule has 2 N–H and O–H groups in total. The lowest BCUT2D eigenvalue weighted by Crippen LogP contribution is -2.38. The molecule has 0 unspecified atom stereocenters. The first-order chi connectivity index (χ1) is 16.9. The number of hydrogen-bond donors (Lipinski definition) is 2. The molecule has 0 aliphatic carbocycles. The summed E-state index contributed by atoms with van der Waals surface area (Å²) in [7, 11) is 1.49. The lowest BCUT2D eigenvalue weighted by atomic mass is 10.2. The summed E-state index contributed by atoms with van der Waals surface area (Å²) in [6, 6.07) is 21.4. The number of nitrogens with one attached hydrogen (secondary N) is 2. The monoisotopic (exact) mass is 583 g/mol. The van der Waals surface area contributed by atoms with Gasteiger partial charge in [0, 0.05) is 3.57 Å². The molecule has 3 aromatic carbocycles. The van der Waals surface area contributed by atoms with Crippen molar-refractivity contribution in [3.63, 3.8) is 0 Å². The van der Waals surface area contributed by atoms with Gasteiger partial charge in [0.25, 0.3) is 5.91 Å². The van der Waals surface area contributed by atoms with Crippen LogP contribution in [0.15, 0.2) is 78.5 Å². The second kappa shape index (κ2) is 11.0. The number of benzene rings is 3. The van der Waals surface area contributed by atoms with E-state index in [0.29, 0.717) is 29.4 Å².